The molecule has 1 N–H and O–H groups in total. The first-order valence-electron chi connectivity index (χ1n) is 3.59. The Hall–Kier alpha value is -1.45. The van der Waals surface area contributed by atoms with Crippen LogP contribution in [-0.4, -0.2) is 25.5 Å². The number of aliphatic imine (C=N–C) groups is 2. The molecular formula is C8H13N3O. The van der Waals surface area contributed by atoms with Crippen molar-refractivity contribution >= 4 is 18.5 Å². The number of nitrogens with zero attached hydrogens (tertiary/aromatic N) is 2. The SMILES string of the molecule is C=N/C(CC(=O)NC)=N\C=C/C. The average molecular weight is 167 g/mol. The molecule has 0 bridgehead atoms. The Morgan fingerprint density at radius 2 is 2.33 bits per heavy atom. The molecule has 0 unspecified atom stereocenters. The maximum Gasteiger partial charge on any atom is 0.227 e. The van der Waals surface area contributed by atoms with Crippen molar-refractivity contribution in [3.05, 3.63) is 12.3 Å². The topological polar surface area (TPSA) is 53.8 Å². The van der Waals surface area contributed by atoms with Crippen LogP contribution in [0.4, 0.5) is 0 Å². The smallest absolute Gasteiger partial charge is 0.227 e. The van der Waals surface area contributed by atoms with Crippen LogP contribution < -0.4 is 5.32 Å². The van der Waals surface area contributed by atoms with Gasteiger partial charge in [-0.15, -0.1) is 0 Å². The molecule has 0 aromatic rings. The number of carbonyl (C=O) groups excluding carboxylic acids is 1. The van der Waals surface area contributed by atoms with Gasteiger partial charge in [-0.05, 0) is 13.6 Å². The van der Waals surface area contributed by atoms with Gasteiger partial charge in [0.25, 0.3) is 0 Å². The number of nitrogens with one attached hydrogen (secondary N) is 1. The fourth-order valence-corrected chi connectivity index (χ4v) is 0.535. The van der Waals surface area contributed by atoms with E-state index in [1.165, 1.54) is 0 Å². The quantitative estimate of drug-likeness (QED) is 0.489. The van der Waals surface area contributed by atoms with E-state index in [1.54, 1.807) is 19.3 Å². The number of amidine groups is 1. The molecule has 0 saturated heterocycles. The van der Waals surface area contributed by atoms with Gasteiger partial charge in [0, 0.05) is 13.2 Å². The minimum atomic E-state index is -0.120. The highest BCUT2D eigenvalue weighted by Gasteiger charge is 2.01. The molecule has 1 amide bonds. The average Bonchev–Trinajstić information content (AvgIpc) is 2.11. The maximum absolute atomic E-state index is 10.8. The van der Waals surface area contributed by atoms with Crippen LogP contribution >= 0.6 is 0 Å². The molecular weight excluding hydrogens is 154 g/mol. The monoisotopic (exact) mass is 167 g/mol. The number of carbonyl (C=O) groups is 1. The third kappa shape index (κ3) is 4.38. The Bertz CT molecular complexity index is 218. The van der Waals surface area contributed by atoms with E-state index in [-0.39, 0.29) is 12.3 Å². The number of allylic oxidation sites excluding steroid dienone is 1. The van der Waals surface area contributed by atoms with Crippen LogP contribution in [0, 0.1) is 0 Å². The summed E-state index contributed by atoms with van der Waals surface area (Å²) in [5, 5.41) is 2.47. The van der Waals surface area contributed by atoms with E-state index in [1.807, 2.05) is 6.92 Å². The predicted molar refractivity (Wildman–Crippen MR) is 50.5 cm³/mol. The number of hydrogen-bond donors (Lipinski definition) is 1. The molecule has 0 saturated carbocycles. The lowest BCUT2D eigenvalue weighted by Gasteiger charge is -1.96. The van der Waals surface area contributed by atoms with E-state index >= 15 is 0 Å². The van der Waals surface area contributed by atoms with Crippen molar-refractivity contribution in [2.45, 2.75) is 13.3 Å². The summed E-state index contributed by atoms with van der Waals surface area (Å²) in [4.78, 5) is 18.3. The van der Waals surface area contributed by atoms with Crippen molar-refractivity contribution in [1.29, 1.82) is 0 Å². The van der Waals surface area contributed by atoms with Gasteiger partial charge in [0.05, 0.1) is 6.42 Å². The summed E-state index contributed by atoms with van der Waals surface area (Å²) in [6.07, 6.45) is 3.51. The molecule has 0 aromatic carbocycles. The summed E-state index contributed by atoms with van der Waals surface area (Å²) in [6, 6.07) is 0. The first kappa shape index (κ1) is 10.6. The van der Waals surface area contributed by atoms with Crippen molar-refractivity contribution in [3.8, 4) is 0 Å². The molecule has 0 heterocycles. The Balaban J connectivity index is 4.17. The van der Waals surface area contributed by atoms with Gasteiger partial charge < -0.3 is 5.32 Å². The normalized spacial score (nSPS) is 11.7. The van der Waals surface area contributed by atoms with Gasteiger partial charge in [-0.1, -0.05) is 6.08 Å². The minimum absolute atomic E-state index is 0.120. The summed E-state index contributed by atoms with van der Waals surface area (Å²) in [5.41, 5.74) is 0. The lowest BCUT2D eigenvalue weighted by molar-refractivity contribution is -0.119. The highest BCUT2D eigenvalue weighted by molar-refractivity contribution is 6.01. The van der Waals surface area contributed by atoms with Crippen molar-refractivity contribution in [1.82, 2.24) is 5.32 Å². The lowest BCUT2D eigenvalue weighted by atomic mass is 10.4. The fourth-order valence-electron chi connectivity index (χ4n) is 0.535. The summed E-state index contributed by atoms with van der Waals surface area (Å²) >= 11 is 0. The second-order valence-electron chi connectivity index (χ2n) is 2.04. The highest BCUT2D eigenvalue weighted by atomic mass is 16.1. The van der Waals surface area contributed by atoms with Crippen LogP contribution in [-0.2, 0) is 4.79 Å². The standard InChI is InChI=1S/C8H13N3O/c1-4-5-11-7(9-2)6-8(12)10-3/h4-5H,2,6H2,1,3H3,(H,10,12)/b5-4-,11-7-. The third-order valence-corrected chi connectivity index (χ3v) is 1.15. The van der Waals surface area contributed by atoms with Gasteiger partial charge in [-0.25, -0.2) is 9.98 Å². The zero-order chi connectivity index (χ0) is 9.40. The number of rotatable bonds is 3. The maximum atomic E-state index is 10.8. The summed E-state index contributed by atoms with van der Waals surface area (Å²) < 4.78 is 0. The van der Waals surface area contributed by atoms with Crippen LogP contribution in [0.25, 0.3) is 0 Å². The second-order valence-corrected chi connectivity index (χ2v) is 2.04. The van der Waals surface area contributed by atoms with Crippen LogP contribution in [0.1, 0.15) is 13.3 Å². The van der Waals surface area contributed by atoms with Gasteiger partial charge in [-0.3, -0.25) is 4.79 Å². The highest BCUT2D eigenvalue weighted by Crippen LogP contribution is 1.89. The van der Waals surface area contributed by atoms with Gasteiger partial charge >= 0.3 is 0 Å². The lowest BCUT2D eigenvalue weighted by Crippen LogP contribution is -2.20. The summed E-state index contributed by atoms with van der Waals surface area (Å²) in [6.45, 7) is 5.14. The largest absolute Gasteiger partial charge is 0.359 e. The summed E-state index contributed by atoms with van der Waals surface area (Å²) in [5.74, 6) is 0.304. The van der Waals surface area contributed by atoms with Gasteiger partial charge in [-0.2, -0.15) is 0 Å². The molecule has 0 aliphatic heterocycles. The van der Waals surface area contributed by atoms with Crippen LogP contribution in [0.3, 0.4) is 0 Å². The fraction of sp³-hybridized carbons (Fsp3) is 0.375. The molecule has 0 aromatic heterocycles. The van der Waals surface area contributed by atoms with E-state index in [2.05, 4.69) is 22.0 Å². The predicted octanol–water partition coefficient (Wildman–Crippen LogP) is 0.755. The Morgan fingerprint density at radius 1 is 1.67 bits per heavy atom. The molecule has 66 valence electrons. The van der Waals surface area contributed by atoms with Gasteiger partial charge in [0.1, 0.15) is 5.84 Å². The van der Waals surface area contributed by atoms with E-state index in [0.717, 1.165) is 0 Å². The Labute approximate surface area is 72.1 Å². The Kier molecular flexibility index (Phi) is 5.51. The molecule has 0 spiro atoms. The summed E-state index contributed by atoms with van der Waals surface area (Å²) in [7, 11) is 1.57. The van der Waals surface area contributed by atoms with Crippen molar-refractivity contribution in [3.63, 3.8) is 0 Å². The van der Waals surface area contributed by atoms with E-state index in [0.29, 0.717) is 5.84 Å². The second kappa shape index (κ2) is 6.27. The first-order valence-corrected chi connectivity index (χ1v) is 3.59. The molecule has 4 heteroatoms. The zero-order valence-corrected chi connectivity index (χ0v) is 7.37. The number of amides is 1. The van der Waals surface area contributed by atoms with Gasteiger partial charge in [0.15, 0.2) is 0 Å². The molecule has 0 aliphatic rings. The zero-order valence-electron chi connectivity index (χ0n) is 7.37. The minimum Gasteiger partial charge on any atom is -0.359 e. The van der Waals surface area contributed by atoms with Crippen LogP contribution in [0.15, 0.2) is 22.3 Å². The van der Waals surface area contributed by atoms with Crippen LogP contribution in [0.5, 0.6) is 0 Å². The molecule has 0 aliphatic carbocycles. The third-order valence-electron chi connectivity index (χ3n) is 1.15. The first-order chi connectivity index (χ1) is 5.74. The molecule has 4 nitrogen and oxygen atoms in total. The van der Waals surface area contributed by atoms with E-state index < -0.39 is 0 Å². The molecule has 0 atom stereocenters. The molecule has 0 radical (unpaired) electrons. The molecule has 12 heavy (non-hydrogen) atoms. The van der Waals surface area contributed by atoms with E-state index in [4.69, 9.17) is 0 Å². The van der Waals surface area contributed by atoms with E-state index in [9.17, 15) is 4.79 Å². The number of hydrogen-bond acceptors (Lipinski definition) is 2. The van der Waals surface area contributed by atoms with Crippen molar-refractivity contribution in [2.24, 2.45) is 9.98 Å². The molecule has 0 fully saturated rings. The molecule has 0 rings (SSSR count). The van der Waals surface area contributed by atoms with Crippen molar-refractivity contribution < 1.29 is 4.79 Å². The van der Waals surface area contributed by atoms with Gasteiger partial charge in [0.2, 0.25) is 5.91 Å². The van der Waals surface area contributed by atoms with Crippen LogP contribution in [0.2, 0.25) is 0 Å². The Morgan fingerprint density at radius 3 is 2.75 bits per heavy atom. The van der Waals surface area contributed by atoms with Crippen molar-refractivity contribution in [2.75, 3.05) is 7.05 Å².